The van der Waals surface area contributed by atoms with Gasteiger partial charge in [0.15, 0.2) is 6.10 Å². The normalized spacial score (nSPS) is 12.2. The molecule has 0 fully saturated rings. The third-order valence-electron chi connectivity index (χ3n) is 3.87. The maximum absolute atomic E-state index is 11.6. The molecule has 0 heterocycles. The van der Waals surface area contributed by atoms with Crippen molar-refractivity contribution >= 4 is 17.6 Å². The van der Waals surface area contributed by atoms with E-state index in [0.717, 1.165) is 16.7 Å². The molecule has 0 bridgehead atoms. The molecule has 0 aliphatic carbocycles. The van der Waals surface area contributed by atoms with Crippen LogP contribution in [0.5, 0.6) is 5.75 Å². The molecule has 2 aromatic carbocycles. The second-order valence-corrected chi connectivity index (χ2v) is 6.27. The lowest BCUT2D eigenvalue weighted by molar-refractivity contribution is -0.145. The minimum Gasteiger partial charge on any atom is -0.478 e. The van der Waals surface area contributed by atoms with Gasteiger partial charge in [0.25, 0.3) is 0 Å². The summed E-state index contributed by atoms with van der Waals surface area (Å²) in [5.74, 6) is -0.105. The Morgan fingerprint density at radius 2 is 1.87 bits per heavy atom. The Balaban J connectivity index is 2.27. The second kappa shape index (κ2) is 7.51. The molecule has 4 heteroatoms. The van der Waals surface area contributed by atoms with Gasteiger partial charge < -0.3 is 9.84 Å². The fourth-order valence-corrected chi connectivity index (χ4v) is 2.66. The lowest BCUT2D eigenvalue weighted by atomic mass is 10.0. The number of halogens is 1. The van der Waals surface area contributed by atoms with Crippen molar-refractivity contribution in [3.05, 3.63) is 64.2 Å². The number of carboxylic acid groups (broad SMARTS) is 1. The van der Waals surface area contributed by atoms with Crippen LogP contribution in [0.2, 0.25) is 5.02 Å². The molecule has 23 heavy (non-hydrogen) atoms. The Kier molecular flexibility index (Phi) is 5.67. The van der Waals surface area contributed by atoms with Crippen LogP contribution >= 0.6 is 11.6 Å². The first-order valence-electron chi connectivity index (χ1n) is 7.62. The van der Waals surface area contributed by atoms with E-state index in [1.54, 1.807) is 6.07 Å². The van der Waals surface area contributed by atoms with Crippen molar-refractivity contribution in [3.8, 4) is 5.75 Å². The summed E-state index contributed by atoms with van der Waals surface area (Å²) in [5.41, 5.74) is 2.77. The van der Waals surface area contributed by atoms with Gasteiger partial charge in [0.05, 0.1) is 0 Å². The maximum Gasteiger partial charge on any atom is 0.345 e. The number of hydrogen-bond donors (Lipinski definition) is 1. The minimum absolute atomic E-state index is 0.258. The summed E-state index contributed by atoms with van der Waals surface area (Å²) in [4.78, 5) is 11.6. The summed E-state index contributed by atoms with van der Waals surface area (Å²) in [6.07, 6.45) is -0.680. The van der Waals surface area contributed by atoms with Crippen LogP contribution < -0.4 is 4.74 Å². The van der Waals surface area contributed by atoms with Crippen LogP contribution in [-0.2, 0) is 11.2 Å². The zero-order valence-electron chi connectivity index (χ0n) is 13.5. The molecule has 0 amide bonds. The first-order chi connectivity index (χ1) is 10.9. The van der Waals surface area contributed by atoms with Crippen molar-refractivity contribution in [2.24, 2.45) is 0 Å². The van der Waals surface area contributed by atoms with Crippen LogP contribution in [0.25, 0.3) is 0 Å². The molecule has 122 valence electrons. The molecular formula is C19H21ClO3. The van der Waals surface area contributed by atoms with E-state index < -0.39 is 12.1 Å². The number of rotatable bonds is 6. The highest BCUT2D eigenvalue weighted by Gasteiger charge is 2.23. The van der Waals surface area contributed by atoms with Gasteiger partial charge in [0.2, 0.25) is 0 Å². The second-order valence-electron chi connectivity index (χ2n) is 5.87. The maximum atomic E-state index is 11.6. The summed E-state index contributed by atoms with van der Waals surface area (Å²) in [6, 6.07) is 13.1. The first kappa shape index (κ1) is 17.4. The van der Waals surface area contributed by atoms with Gasteiger partial charge in [0, 0.05) is 11.4 Å². The molecule has 0 aromatic heterocycles. The van der Waals surface area contributed by atoms with Gasteiger partial charge in [-0.2, -0.15) is 0 Å². The lowest BCUT2D eigenvalue weighted by Crippen LogP contribution is -2.30. The Bertz CT molecular complexity index is 695. The minimum atomic E-state index is -0.983. The summed E-state index contributed by atoms with van der Waals surface area (Å²) >= 11 is 6.12. The number of ether oxygens (including phenoxy) is 1. The van der Waals surface area contributed by atoms with E-state index in [1.165, 1.54) is 0 Å². The van der Waals surface area contributed by atoms with Crippen LogP contribution in [0.1, 0.15) is 36.5 Å². The van der Waals surface area contributed by atoms with Crippen LogP contribution in [0.15, 0.2) is 42.5 Å². The van der Waals surface area contributed by atoms with E-state index in [2.05, 4.69) is 13.8 Å². The molecule has 3 nitrogen and oxygen atoms in total. The van der Waals surface area contributed by atoms with E-state index in [9.17, 15) is 9.90 Å². The molecular weight excluding hydrogens is 312 g/mol. The highest BCUT2D eigenvalue weighted by atomic mass is 35.5. The van der Waals surface area contributed by atoms with E-state index in [-0.39, 0.29) is 12.3 Å². The van der Waals surface area contributed by atoms with Crippen LogP contribution in [-0.4, -0.2) is 17.2 Å². The molecule has 1 N–H and O–H groups in total. The molecule has 2 aromatic rings. The van der Waals surface area contributed by atoms with Crippen molar-refractivity contribution in [1.82, 2.24) is 0 Å². The standard InChI is InChI=1S/C19H21ClO3/c1-12(2)15-8-4-5-10-17(15)23-18(19(21)22)11-14-7-6-9-16(20)13(14)3/h4-10,12,18H,11H2,1-3H3,(H,21,22)/t18-/m0/s1. The SMILES string of the molecule is Cc1c(Cl)cccc1C[C@H](Oc1ccccc1C(C)C)C(=O)O. The Morgan fingerprint density at radius 3 is 2.52 bits per heavy atom. The van der Waals surface area contributed by atoms with Gasteiger partial charge in [-0.1, -0.05) is 55.8 Å². The zero-order chi connectivity index (χ0) is 17.0. The molecule has 0 saturated heterocycles. The zero-order valence-corrected chi connectivity index (χ0v) is 14.3. The molecule has 2 rings (SSSR count). The predicted molar refractivity (Wildman–Crippen MR) is 92.5 cm³/mol. The van der Waals surface area contributed by atoms with Crippen molar-refractivity contribution in [2.45, 2.75) is 39.2 Å². The molecule has 0 spiro atoms. The largest absolute Gasteiger partial charge is 0.478 e. The number of para-hydroxylation sites is 1. The Hall–Kier alpha value is -2.00. The van der Waals surface area contributed by atoms with Crippen molar-refractivity contribution in [1.29, 1.82) is 0 Å². The van der Waals surface area contributed by atoms with Crippen molar-refractivity contribution in [3.63, 3.8) is 0 Å². The van der Waals surface area contributed by atoms with Crippen molar-refractivity contribution in [2.75, 3.05) is 0 Å². The number of carboxylic acids is 1. The highest BCUT2D eigenvalue weighted by molar-refractivity contribution is 6.31. The third-order valence-corrected chi connectivity index (χ3v) is 4.28. The third kappa shape index (κ3) is 4.26. The fraction of sp³-hybridized carbons (Fsp3) is 0.316. The van der Waals surface area contributed by atoms with E-state index in [0.29, 0.717) is 10.8 Å². The number of carbonyl (C=O) groups is 1. The Morgan fingerprint density at radius 1 is 1.17 bits per heavy atom. The summed E-state index contributed by atoms with van der Waals surface area (Å²) in [6.45, 7) is 6.00. The Labute approximate surface area is 141 Å². The van der Waals surface area contributed by atoms with Gasteiger partial charge in [-0.15, -0.1) is 0 Å². The fourth-order valence-electron chi connectivity index (χ4n) is 2.47. The first-order valence-corrected chi connectivity index (χ1v) is 8.00. The van der Waals surface area contributed by atoms with Gasteiger partial charge in [-0.05, 0) is 41.7 Å². The smallest absolute Gasteiger partial charge is 0.345 e. The summed E-state index contributed by atoms with van der Waals surface area (Å²) in [5, 5.41) is 10.2. The number of aliphatic carboxylic acids is 1. The predicted octanol–water partition coefficient (Wildman–Crippen LogP) is 4.85. The van der Waals surface area contributed by atoms with Gasteiger partial charge in [0.1, 0.15) is 5.75 Å². The summed E-state index contributed by atoms with van der Waals surface area (Å²) in [7, 11) is 0. The molecule has 1 atom stereocenters. The van der Waals surface area contributed by atoms with Gasteiger partial charge >= 0.3 is 5.97 Å². The number of hydrogen-bond acceptors (Lipinski definition) is 2. The average Bonchev–Trinajstić information content (AvgIpc) is 2.51. The molecule has 0 unspecified atom stereocenters. The van der Waals surface area contributed by atoms with Gasteiger partial charge in [-0.25, -0.2) is 4.79 Å². The monoisotopic (exact) mass is 332 g/mol. The quantitative estimate of drug-likeness (QED) is 0.822. The molecule has 0 saturated carbocycles. The molecule has 0 aliphatic heterocycles. The lowest BCUT2D eigenvalue weighted by Gasteiger charge is -2.20. The van der Waals surface area contributed by atoms with E-state index >= 15 is 0 Å². The summed E-state index contributed by atoms with van der Waals surface area (Å²) < 4.78 is 5.82. The van der Waals surface area contributed by atoms with Crippen LogP contribution in [0.3, 0.4) is 0 Å². The van der Waals surface area contributed by atoms with Gasteiger partial charge in [-0.3, -0.25) is 0 Å². The number of benzene rings is 2. The van der Waals surface area contributed by atoms with Crippen LogP contribution in [0, 0.1) is 6.92 Å². The van der Waals surface area contributed by atoms with Crippen molar-refractivity contribution < 1.29 is 14.6 Å². The van der Waals surface area contributed by atoms with Crippen LogP contribution in [0.4, 0.5) is 0 Å². The highest BCUT2D eigenvalue weighted by Crippen LogP contribution is 2.28. The topological polar surface area (TPSA) is 46.5 Å². The molecule has 0 radical (unpaired) electrons. The average molecular weight is 333 g/mol. The van der Waals surface area contributed by atoms with E-state index in [4.69, 9.17) is 16.3 Å². The molecule has 0 aliphatic rings. The van der Waals surface area contributed by atoms with E-state index in [1.807, 2.05) is 43.3 Å².